The molecule has 1 aromatic rings. The molecule has 1 aromatic heterocycles. The van der Waals surface area contributed by atoms with Gasteiger partial charge in [0.15, 0.2) is 0 Å². The van der Waals surface area contributed by atoms with Gasteiger partial charge in [0, 0.05) is 6.54 Å². The lowest BCUT2D eigenvalue weighted by atomic mass is 10.2. The zero-order valence-electron chi connectivity index (χ0n) is 8.33. The van der Waals surface area contributed by atoms with Gasteiger partial charge in [-0.05, 0) is 17.9 Å². The van der Waals surface area contributed by atoms with Crippen LogP contribution in [0.5, 0.6) is 0 Å². The van der Waals surface area contributed by atoms with Crippen molar-refractivity contribution < 1.29 is 0 Å². The third-order valence-corrected chi connectivity index (χ3v) is 2.77. The zero-order chi connectivity index (χ0) is 10.4. The normalized spacial score (nSPS) is 12.5. The number of nitrogens with zero attached hydrogens (tertiary/aromatic N) is 2. The molecule has 1 rings (SSSR count). The highest BCUT2D eigenvalue weighted by Gasteiger charge is 2.01. The molecule has 0 aliphatic heterocycles. The van der Waals surface area contributed by atoms with Crippen molar-refractivity contribution in [2.75, 3.05) is 23.9 Å². The Balaban J connectivity index is 2.37. The van der Waals surface area contributed by atoms with Crippen molar-refractivity contribution in [3.8, 4) is 0 Å². The first kappa shape index (κ1) is 11.6. The van der Waals surface area contributed by atoms with E-state index in [0.717, 1.165) is 18.1 Å². The first-order valence-electron chi connectivity index (χ1n) is 4.42. The minimum Gasteiger partial charge on any atom is -0.368 e. The standard InChI is InChI=1S/C9H14ClN3S/c1-7(6-14-2)3-12-9-5-11-4-8(10)13-9/h4-5,7H,3,6H2,1-2H3,(H,12,13). The second-order valence-electron chi connectivity index (χ2n) is 3.17. The Kier molecular flexibility index (Phi) is 5.04. The number of halogens is 1. The van der Waals surface area contributed by atoms with E-state index in [1.54, 1.807) is 6.20 Å². The predicted octanol–water partition coefficient (Wildman–Crippen LogP) is 2.54. The lowest BCUT2D eigenvalue weighted by Crippen LogP contribution is -2.14. The number of hydrogen-bond acceptors (Lipinski definition) is 4. The molecule has 0 spiro atoms. The SMILES string of the molecule is CSCC(C)CNc1cncc(Cl)n1. The molecule has 14 heavy (non-hydrogen) atoms. The van der Waals surface area contributed by atoms with Crippen LogP contribution in [-0.4, -0.2) is 28.5 Å². The van der Waals surface area contributed by atoms with Crippen LogP contribution in [0, 0.1) is 5.92 Å². The van der Waals surface area contributed by atoms with Crippen molar-refractivity contribution in [3.63, 3.8) is 0 Å². The molecule has 1 atom stereocenters. The highest BCUT2D eigenvalue weighted by atomic mass is 35.5. The van der Waals surface area contributed by atoms with E-state index in [9.17, 15) is 0 Å². The van der Waals surface area contributed by atoms with E-state index in [4.69, 9.17) is 11.6 Å². The maximum Gasteiger partial charge on any atom is 0.149 e. The molecule has 0 aliphatic rings. The summed E-state index contributed by atoms with van der Waals surface area (Å²) >= 11 is 7.55. The quantitative estimate of drug-likeness (QED) is 0.845. The van der Waals surface area contributed by atoms with Crippen LogP contribution in [0.2, 0.25) is 5.15 Å². The second kappa shape index (κ2) is 6.09. The van der Waals surface area contributed by atoms with E-state index in [-0.39, 0.29) is 0 Å². The molecule has 0 saturated carbocycles. The number of hydrogen-bond donors (Lipinski definition) is 1. The molecule has 78 valence electrons. The van der Waals surface area contributed by atoms with Crippen molar-refractivity contribution in [2.45, 2.75) is 6.92 Å². The van der Waals surface area contributed by atoms with E-state index in [2.05, 4.69) is 28.5 Å². The summed E-state index contributed by atoms with van der Waals surface area (Å²) in [5, 5.41) is 3.62. The summed E-state index contributed by atoms with van der Waals surface area (Å²) in [6.07, 6.45) is 5.31. The molecule has 5 heteroatoms. The third kappa shape index (κ3) is 4.15. The van der Waals surface area contributed by atoms with Crippen LogP contribution in [-0.2, 0) is 0 Å². The molecule has 0 saturated heterocycles. The second-order valence-corrected chi connectivity index (χ2v) is 4.47. The molecule has 0 amide bonds. The fourth-order valence-corrected chi connectivity index (χ4v) is 1.88. The fourth-order valence-electron chi connectivity index (χ4n) is 1.05. The van der Waals surface area contributed by atoms with Crippen molar-refractivity contribution in [1.29, 1.82) is 0 Å². The molecule has 0 aliphatic carbocycles. The highest BCUT2D eigenvalue weighted by Crippen LogP contribution is 2.09. The van der Waals surface area contributed by atoms with E-state index in [0.29, 0.717) is 11.1 Å². The Morgan fingerprint density at radius 2 is 2.36 bits per heavy atom. The van der Waals surface area contributed by atoms with Gasteiger partial charge in [-0.25, -0.2) is 4.98 Å². The summed E-state index contributed by atoms with van der Waals surface area (Å²) in [6, 6.07) is 0. The third-order valence-electron chi connectivity index (χ3n) is 1.69. The molecule has 0 bridgehead atoms. The van der Waals surface area contributed by atoms with Crippen LogP contribution >= 0.6 is 23.4 Å². The maximum absolute atomic E-state index is 5.70. The smallest absolute Gasteiger partial charge is 0.149 e. The van der Waals surface area contributed by atoms with Gasteiger partial charge in [-0.1, -0.05) is 18.5 Å². The molecular weight excluding hydrogens is 218 g/mol. The van der Waals surface area contributed by atoms with Crippen LogP contribution < -0.4 is 5.32 Å². The number of rotatable bonds is 5. The largest absolute Gasteiger partial charge is 0.368 e. The number of aromatic nitrogens is 2. The summed E-state index contributed by atoms with van der Waals surface area (Å²) in [4.78, 5) is 8.04. The Hall–Kier alpha value is -0.480. The monoisotopic (exact) mass is 231 g/mol. The minimum atomic E-state index is 0.424. The van der Waals surface area contributed by atoms with Gasteiger partial charge in [-0.15, -0.1) is 0 Å². The molecule has 0 fully saturated rings. The van der Waals surface area contributed by atoms with Crippen LogP contribution in [0.1, 0.15) is 6.92 Å². The van der Waals surface area contributed by atoms with Gasteiger partial charge in [0.1, 0.15) is 11.0 Å². The Morgan fingerprint density at radius 1 is 1.57 bits per heavy atom. The van der Waals surface area contributed by atoms with Gasteiger partial charge in [0.2, 0.25) is 0 Å². The average Bonchev–Trinajstić information content (AvgIpc) is 2.15. The Labute approximate surface area is 93.7 Å². The molecule has 3 nitrogen and oxygen atoms in total. The van der Waals surface area contributed by atoms with E-state index in [1.165, 1.54) is 6.20 Å². The molecule has 0 aromatic carbocycles. The van der Waals surface area contributed by atoms with Gasteiger partial charge in [-0.3, -0.25) is 4.98 Å². The molecule has 0 radical (unpaired) electrons. The molecule has 1 N–H and O–H groups in total. The van der Waals surface area contributed by atoms with Gasteiger partial charge >= 0.3 is 0 Å². The van der Waals surface area contributed by atoms with Crippen molar-refractivity contribution >= 4 is 29.2 Å². The van der Waals surface area contributed by atoms with Crippen molar-refractivity contribution in [2.24, 2.45) is 5.92 Å². The van der Waals surface area contributed by atoms with Crippen LogP contribution in [0.25, 0.3) is 0 Å². The molecule has 1 heterocycles. The first-order chi connectivity index (χ1) is 6.72. The van der Waals surface area contributed by atoms with Gasteiger partial charge in [0.25, 0.3) is 0 Å². The Bertz CT molecular complexity index is 283. The molecule has 1 unspecified atom stereocenters. The minimum absolute atomic E-state index is 0.424. The van der Waals surface area contributed by atoms with E-state index < -0.39 is 0 Å². The first-order valence-corrected chi connectivity index (χ1v) is 6.20. The number of anilines is 1. The van der Waals surface area contributed by atoms with Gasteiger partial charge in [-0.2, -0.15) is 11.8 Å². The van der Waals surface area contributed by atoms with Crippen LogP contribution in [0.3, 0.4) is 0 Å². The molecular formula is C9H14ClN3S. The van der Waals surface area contributed by atoms with Crippen molar-refractivity contribution in [1.82, 2.24) is 9.97 Å². The fraction of sp³-hybridized carbons (Fsp3) is 0.556. The highest BCUT2D eigenvalue weighted by molar-refractivity contribution is 7.98. The summed E-state index contributed by atoms with van der Waals surface area (Å²) in [7, 11) is 0. The summed E-state index contributed by atoms with van der Waals surface area (Å²) in [5.74, 6) is 2.50. The zero-order valence-corrected chi connectivity index (χ0v) is 9.90. The van der Waals surface area contributed by atoms with Gasteiger partial charge < -0.3 is 5.32 Å². The van der Waals surface area contributed by atoms with Crippen LogP contribution in [0.4, 0.5) is 5.82 Å². The van der Waals surface area contributed by atoms with Gasteiger partial charge in [0.05, 0.1) is 12.4 Å². The average molecular weight is 232 g/mol. The summed E-state index contributed by atoms with van der Waals surface area (Å²) < 4.78 is 0. The Morgan fingerprint density at radius 3 is 3.00 bits per heavy atom. The summed E-state index contributed by atoms with van der Waals surface area (Å²) in [5.41, 5.74) is 0. The van der Waals surface area contributed by atoms with E-state index >= 15 is 0 Å². The topological polar surface area (TPSA) is 37.8 Å². The lowest BCUT2D eigenvalue weighted by Gasteiger charge is -2.11. The van der Waals surface area contributed by atoms with Crippen molar-refractivity contribution in [3.05, 3.63) is 17.5 Å². The maximum atomic E-state index is 5.70. The number of nitrogens with one attached hydrogen (secondary N) is 1. The van der Waals surface area contributed by atoms with E-state index in [1.807, 2.05) is 11.8 Å². The number of thioether (sulfide) groups is 1. The lowest BCUT2D eigenvalue weighted by molar-refractivity contribution is 0.699. The van der Waals surface area contributed by atoms with Crippen LogP contribution in [0.15, 0.2) is 12.4 Å². The predicted molar refractivity (Wildman–Crippen MR) is 63.1 cm³/mol. The summed E-state index contributed by atoms with van der Waals surface area (Å²) in [6.45, 7) is 3.09.